The number of hydrogen-bond donors (Lipinski definition) is 0. The van der Waals surface area contributed by atoms with E-state index in [-0.39, 0.29) is 0 Å². The van der Waals surface area contributed by atoms with Crippen molar-refractivity contribution in [3.63, 3.8) is 0 Å². The summed E-state index contributed by atoms with van der Waals surface area (Å²) >= 11 is 0. The number of piperazine rings is 1. The van der Waals surface area contributed by atoms with E-state index in [4.69, 9.17) is 0 Å². The Morgan fingerprint density at radius 1 is 0.818 bits per heavy atom. The largest absolute Gasteiger partial charge is 0.292 e. The molecule has 0 amide bonds. The highest BCUT2D eigenvalue weighted by Crippen LogP contribution is 2.19. The zero-order valence-electron chi connectivity index (χ0n) is 13.4. The molecule has 0 radical (unpaired) electrons. The zero-order valence-corrected chi connectivity index (χ0v) is 13.4. The summed E-state index contributed by atoms with van der Waals surface area (Å²) in [5.74, 6) is 0. The quantitative estimate of drug-likeness (QED) is 0.868. The van der Waals surface area contributed by atoms with Gasteiger partial charge in [-0.2, -0.15) is 0 Å². The second-order valence-electron chi connectivity index (χ2n) is 6.20. The van der Waals surface area contributed by atoms with Crippen molar-refractivity contribution in [3.05, 3.63) is 60.2 Å². The van der Waals surface area contributed by atoms with Crippen molar-refractivity contribution in [2.24, 2.45) is 0 Å². The van der Waals surface area contributed by atoms with Crippen LogP contribution in [-0.4, -0.2) is 44.9 Å². The molecule has 4 heteroatoms. The lowest BCUT2D eigenvalue weighted by molar-refractivity contribution is 0.0314. The lowest BCUT2D eigenvalue weighted by Crippen LogP contribution is -2.55. The Balaban J connectivity index is 1.61. The number of nitrogens with zero attached hydrogens (tertiary/aromatic N) is 4. The Bertz CT molecular complexity index is 519. The molecule has 116 valence electrons. The van der Waals surface area contributed by atoms with Gasteiger partial charge in [0.1, 0.15) is 0 Å². The van der Waals surface area contributed by atoms with E-state index < -0.39 is 0 Å². The summed E-state index contributed by atoms with van der Waals surface area (Å²) in [7, 11) is 0. The van der Waals surface area contributed by atoms with Crippen molar-refractivity contribution in [2.45, 2.75) is 39.0 Å². The predicted molar refractivity (Wildman–Crippen MR) is 88.2 cm³/mol. The van der Waals surface area contributed by atoms with Crippen LogP contribution in [0.5, 0.6) is 0 Å². The van der Waals surface area contributed by atoms with Crippen LogP contribution in [0.15, 0.2) is 48.8 Å². The molecule has 3 heterocycles. The van der Waals surface area contributed by atoms with Crippen LogP contribution < -0.4 is 0 Å². The van der Waals surface area contributed by atoms with Gasteiger partial charge < -0.3 is 0 Å². The molecule has 4 nitrogen and oxygen atoms in total. The first-order valence-corrected chi connectivity index (χ1v) is 8.00. The molecule has 0 N–H and O–H groups in total. The van der Waals surface area contributed by atoms with Gasteiger partial charge in [-0.3, -0.25) is 19.8 Å². The minimum atomic E-state index is 0.530. The number of pyridine rings is 2. The van der Waals surface area contributed by atoms with E-state index in [1.165, 1.54) is 0 Å². The van der Waals surface area contributed by atoms with Crippen LogP contribution in [0.3, 0.4) is 0 Å². The van der Waals surface area contributed by atoms with Gasteiger partial charge in [0.15, 0.2) is 0 Å². The minimum Gasteiger partial charge on any atom is -0.292 e. The van der Waals surface area contributed by atoms with E-state index in [0.29, 0.717) is 12.1 Å². The molecule has 0 unspecified atom stereocenters. The summed E-state index contributed by atoms with van der Waals surface area (Å²) in [6, 6.07) is 13.3. The molecule has 2 aromatic heterocycles. The highest BCUT2D eigenvalue weighted by molar-refractivity contribution is 5.06. The first kappa shape index (κ1) is 15.1. The van der Waals surface area contributed by atoms with Crippen LogP contribution >= 0.6 is 0 Å². The Labute approximate surface area is 132 Å². The number of aromatic nitrogens is 2. The first-order chi connectivity index (χ1) is 10.7. The van der Waals surface area contributed by atoms with Gasteiger partial charge >= 0.3 is 0 Å². The van der Waals surface area contributed by atoms with Crippen LogP contribution in [0.1, 0.15) is 25.2 Å². The SMILES string of the molecule is C[C@@H]1CN(Cc2ccccn2)[C@@H](C)CN1Cc1ccccn1. The van der Waals surface area contributed by atoms with Crippen LogP contribution in [0.25, 0.3) is 0 Å². The van der Waals surface area contributed by atoms with Crippen LogP contribution in [0.4, 0.5) is 0 Å². The average Bonchev–Trinajstić information content (AvgIpc) is 2.54. The fourth-order valence-corrected chi connectivity index (χ4v) is 3.11. The Morgan fingerprint density at radius 2 is 1.27 bits per heavy atom. The normalized spacial score (nSPS) is 23.5. The van der Waals surface area contributed by atoms with E-state index >= 15 is 0 Å². The fraction of sp³-hybridized carbons (Fsp3) is 0.444. The maximum absolute atomic E-state index is 4.45. The number of rotatable bonds is 4. The third-order valence-electron chi connectivity index (χ3n) is 4.43. The third kappa shape index (κ3) is 3.70. The summed E-state index contributed by atoms with van der Waals surface area (Å²) in [6.45, 7) is 8.63. The zero-order chi connectivity index (χ0) is 15.4. The van der Waals surface area contributed by atoms with Gasteiger partial charge in [0.25, 0.3) is 0 Å². The molecule has 1 saturated heterocycles. The summed E-state index contributed by atoms with van der Waals surface area (Å²) in [5, 5.41) is 0. The Morgan fingerprint density at radius 3 is 1.64 bits per heavy atom. The molecule has 1 aliphatic rings. The molecule has 0 aliphatic carbocycles. The van der Waals surface area contributed by atoms with Crippen LogP contribution in [-0.2, 0) is 13.1 Å². The maximum atomic E-state index is 4.45. The molecular formula is C18H24N4. The van der Waals surface area contributed by atoms with Crippen molar-refractivity contribution >= 4 is 0 Å². The van der Waals surface area contributed by atoms with E-state index in [0.717, 1.165) is 37.6 Å². The lowest BCUT2D eigenvalue weighted by Gasteiger charge is -2.44. The van der Waals surface area contributed by atoms with Crippen molar-refractivity contribution in [1.29, 1.82) is 0 Å². The van der Waals surface area contributed by atoms with Gasteiger partial charge in [0.2, 0.25) is 0 Å². The van der Waals surface area contributed by atoms with Crippen molar-refractivity contribution in [3.8, 4) is 0 Å². The first-order valence-electron chi connectivity index (χ1n) is 8.00. The molecule has 0 saturated carbocycles. The van der Waals surface area contributed by atoms with Crippen molar-refractivity contribution in [2.75, 3.05) is 13.1 Å². The smallest absolute Gasteiger partial charge is 0.0544 e. The second kappa shape index (κ2) is 6.99. The van der Waals surface area contributed by atoms with E-state index in [2.05, 4.69) is 57.9 Å². The molecule has 0 bridgehead atoms. The van der Waals surface area contributed by atoms with E-state index in [1.54, 1.807) is 0 Å². The molecular weight excluding hydrogens is 272 g/mol. The van der Waals surface area contributed by atoms with Gasteiger partial charge in [-0.05, 0) is 38.1 Å². The molecule has 0 spiro atoms. The molecule has 3 rings (SSSR count). The van der Waals surface area contributed by atoms with Gasteiger partial charge in [-0.1, -0.05) is 12.1 Å². The molecule has 1 aliphatic heterocycles. The summed E-state index contributed by atoms with van der Waals surface area (Å²) < 4.78 is 0. The number of hydrogen-bond acceptors (Lipinski definition) is 4. The molecule has 0 aromatic carbocycles. The maximum Gasteiger partial charge on any atom is 0.0544 e. The van der Waals surface area contributed by atoms with E-state index in [9.17, 15) is 0 Å². The fourth-order valence-electron chi connectivity index (χ4n) is 3.11. The molecule has 22 heavy (non-hydrogen) atoms. The predicted octanol–water partition coefficient (Wildman–Crippen LogP) is 2.57. The second-order valence-corrected chi connectivity index (χ2v) is 6.20. The summed E-state index contributed by atoms with van der Waals surface area (Å²) in [6.07, 6.45) is 3.75. The van der Waals surface area contributed by atoms with Crippen molar-refractivity contribution < 1.29 is 0 Å². The standard InChI is InChI=1S/C18H24N4/c1-15-11-22(14-18-8-4-6-10-20-18)16(2)12-21(15)13-17-7-3-5-9-19-17/h3-10,15-16H,11-14H2,1-2H3/t15-,16+. The minimum absolute atomic E-state index is 0.530. The van der Waals surface area contributed by atoms with Crippen LogP contribution in [0, 0.1) is 0 Å². The third-order valence-corrected chi connectivity index (χ3v) is 4.43. The van der Waals surface area contributed by atoms with Gasteiger partial charge in [0, 0.05) is 50.7 Å². The van der Waals surface area contributed by atoms with Crippen molar-refractivity contribution in [1.82, 2.24) is 19.8 Å². The highest BCUT2D eigenvalue weighted by atomic mass is 15.3. The Hall–Kier alpha value is -1.78. The van der Waals surface area contributed by atoms with Gasteiger partial charge in [-0.15, -0.1) is 0 Å². The molecule has 2 atom stereocenters. The molecule has 2 aromatic rings. The van der Waals surface area contributed by atoms with E-state index in [1.807, 2.05) is 24.5 Å². The lowest BCUT2D eigenvalue weighted by atomic mass is 10.1. The van der Waals surface area contributed by atoms with Gasteiger partial charge in [0.05, 0.1) is 11.4 Å². The average molecular weight is 296 g/mol. The molecule has 1 fully saturated rings. The van der Waals surface area contributed by atoms with Gasteiger partial charge in [-0.25, -0.2) is 0 Å². The Kier molecular flexibility index (Phi) is 4.80. The van der Waals surface area contributed by atoms with Crippen LogP contribution in [0.2, 0.25) is 0 Å². The topological polar surface area (TPSA) is 32.3 Å². The monoisotopic (exact) mass is 296 g/mol. The summed E-state index contributed by atoms with van der Waals surface area (Å²) in [4.78, 5) is 14.0. The highest BCUT2D eigenvalue weighted by Gasteiger charge is 2.29. The summed E-state index contributed by atoms with van der Waals surface area (Å²) in [5.41, 5.74) is 2.31.